The maximum Gasteiger partial charge on any atom is 0.147 e. The Morgan fingerprint density at radius 1 is 1.27 bits per heavy atom. The average molecular weight is 452 g/mol. The quantitative estimate of drug-likeness (QED) is 0.617. The number of ether oxygens (including phenoxy) is 3. The van der Waals surface area contributed by atoms with Gasteiger partial charge in [0.05, 0.1) is 30.6 Å². The minimum atomic E-state index is -0.164. The number of aliphatic hydroxyl groups excluding tert-OH is 1. The summed E-state index contributed by atoms with van der Waals surface area (Å²) in [6, 6.07) is 6.10. The van der Waals surface area contributed by atoms with Gasteiger partial charge < -0.3 is 24.2 Å². The van der Waals surface area contributed by atoms with E-state index in [1.54, 1.807) is 14.2 Å². The Balaban J connectivity index is 1.80. The summed E-state index contributed by atoms with van der Waals surface area (Å²) in [4.78, 5) is 2.23. The maximum absolute atomic E-state index is 10.1. The lowest BCUT2D eigenvalue weighted by Gasteiger charge is -2.46. The monoisotopic (exact) mass is 451 g/mol. The van der Waals surface area contributed by atoms with E-state index in [-0.39, 0.29) is 23.3 Å². The highest BCUT2D eigenvalue weighted by atomic mass is 16.5. The Kier molecular flexibility index (Phi) is 6.12. The third-order valence-electron chi connectivity index (χ3n) is 6.28. The van der Waals surface area contributed by atoms with E-state index < -0.39 is 0 Å². The lowest BCUT2D eigenvalue weighted by Crippen LogP contribution is -2.47. The molecule has 2 unspecified atom stereocenters. The van der Waals surface area contributed by atoms with Gasteiger partial charge in [-0.05, 0) is 23.1 Å². The molecule has 0 fully saturated rings. The highest BCUT2D eigenvalue weighted by Crippen LogP contribution is 2.44. The van der Waals surface area contributed by atoms with Gasteiger partial charge in [0.15, 0.2) is 0 Å². The lowest BCUT2D eigenvalue weighted by molar-refractivity contribution is 0.00114. The van der Waals surface area contributed by atoms with Crippen molar-refractivity contribution in [3.8, 4) is 5.75 Å². The molecule has 33 heavy (non-hydrogen) atoms. The standard InChI is InChI=1S/C26H33N3O4/c1-16-11-21-25-19-9-8-10-22(33-15-18(32-7)14-31-6)24(19)27-29(25)13-23(26(3,4)5)28(21)12-20(16)17(2)30/h8-12,18,23,30H,1-2,13-15H2,3-7H3. The van der Waals surface area contributed by atoms with Gasteiger partial charge in [0.2, 0.25) is 0 Å². The molecule has 0 radical (unpaired) electrons. The van der Waals surface area contributed by atoms with Crippen LogP contribution < -0.4 is 4.74 Å². The van der Waals surface area contributed by atoms with Crippen LogP contribution in [0.25, 0.3) is 16.6 Å². The fourth-order valence-corrected chi connectivity index (χ4v) is 4.46. The van der Waals surface area contributed by atoms with E-state index >= 15 is 0 Å². The first kappa shape index (κ1) is 23.1. The maximum atomic E-state index is 10.1. The van der Waals surface area contributed by atoms with Gasteiger partial charge in [-0.1, -0.05) is 46.1 Å². The van der Waals surface area contributed by atoms with Crippen LogP contribution in [0.5, 0.6) is 5.75 Å². The van der Waals surface area contributed by atoms with Crippen molar-refractivity contribution in [2.45, 2.75) is 39.5 Å². The molecule has 7 nitrogen and oxygen atoms in total. The van der Waals surface area contributed by atoms with Gasteiger partial charge in [-0.25, -0.2) is 0 Å². The minimum absolute atomic E-state index is 0.0198. The van der Waals surface area contributed by atoms with Crippen LogP contribution in [0.15, 0.2) is 60.5 Å². The molecule has 2 atom stereocenters. The first-order valence-corrected chi connectivity index (χ1v) is 11.1. The van der Waals surface area contributed by atoms with E-state index in [0.717, 1.165) is 27.9 Å². The molecule has 7 heteroatoms. The second kappa shape index (κ2) is 8.72. The van der Waals surface area contributed by atoms with Gasteiger partial charge in [0.1, 0.15) is 29.7 Å². The van der Waals surface area contributed by atoms with Gasteiger partial charge in [-0.3, -0.25) is 4.68 Å². The molecule has 1 aromatic carbocycles. The molecule has 0 aliphatic carbocycles. The summed E-state index contributed by atoms with van der Waals surface area (Å²) in [5, 5.41) is 16.1. The second-order valence-corrected chi connectivity index (χ2v) is 9.64. The van der Waals surface area contributed by atoms with E-state index in [4.69, 9.17) is 19.3 Å². The highest BCUT2D eigenvalue weighted by Gasteiger charge is 2.40. The number of allylic oxidation sites excluding steroid dienone is 2. The fourth-order valence-electron chi connectivity index (χ4n) is 4.46. The molecule has 0 bridgehead atoms. The largest absolute Gasteiger partial charge is 0.508 e. The lowest BCUT2D eigenvalue weighted by atomic mass is 9.82. The number of aliphatic hydroxyl groups is 1. The third kappa shape index (κ3) is 4.18. The first-order chi connectivity index (χ1) is 15.7. The van der Waals surface area contributed by atoms with Gasteiger partial charge in [-0.2, -0.15) is 5.10 Å². The van der Waals surface area contributed by atoms with E-state index in [2.05, 4.69) is 49.6 Å². The van der Waals surface area contributed by atoms with Crippen molar-refractivity contribution < 1.29 is 19.3 Å². The van der Waals surface area contributed by atoms with Crippen LogP contribution in [0.4, 0.5) is 0 Å². The fraction of sp³-hybridized carbons (Fsp3) is 0.423. The summed E-state index contributed by atoms with van der Waals surface area (Å²) in [6.45, 7) is 16.0. The van der Waals surface area contributed by atoms with Crippen molar-refractivity contribution in [1.82, 2.24) is 14.7 Å². The van der Waals surface area contributed by atoms with Crippen LogP contribution in [0.2, 0.25) is 0 Å². The van der Waals surface area contributed by atoms with Crippen molar-refractivity contribution in [3.05, 3.63) is 66.2 Å². The topological polar surface area (TPSA) is 69.0 Å². The number of hydrogen-bond acceptors (Lipinski definition) is 6. The Morgan fingerprint density at radius 3 is 2.67 bits per heavy atom. The molecular formula is C26H33N3O4. The Labute approximate surface area is 195 Å². The van der Waals surface area contributed by atoms with Crippen LogP contribution in [0.1, 0.15) is 26.5 Å². The normalized spacial score (nSPS) is 19.0. The predicted molar refractivity (Wildman–Crippen MR) is 130 cm³/mol. The van der Waals surface area contributed by atoms with Crippen LogP contribution in [-0.4, -0.2) is 59.4 Å². The second-order valence-electron chi connectivity index (χ2n) is 9.64. The molecule has 0 saturated carbocycles. The predicted octanol–water partition coefficient (Wildman–Crippen LogP) is 4.67. The number of nitrogens with zero attached hydrogens (tertiary/aromatic N) is 3. The third-order valence-corrected chi connectivity index (χ3v) is 6.28. The summed E-state index contributed by atoms with van der Waals surface area (Å²) in [5.41, 5.74) is 4.15. The van der Waals surface area contributed by atoms with Gasteiger partial charge >= 0.3 is 0 Å². The van der Waals surface area contributed by atoms with E-state index in [9.17, 15) is 5.11 Å². The summed E-state index contributed by atoms with van der Waals surface area (Å²) >= 11 is 0. The molecule has 0 spiro atoms. The summed E-state index contributed by atoms with van der Waals surface area (Å²) in [7, 11) is 3.29. The van der Waals surface area contributed by atoms with Crippen LogP contribution >= 0.6 is 0 Å². The van der Waals surface area contributed by atoms with Gasteiger partial charge in [0.25, 0.3) is 0 Å². The van der Waals surface area contributed by atoms with Crippen LogP contribution in [-0.2, 0) is 16.0 Å². The Morgan fingerprint density at radius 2 is 2.03 bits per heavy atom. The molecule has 0 amide bonds. The van der Waals surface area contributed by atoms with Gasteiger partial charge in [0, 0.05) is 31.4 Å². The SMILES string of the molecule is C=C(O)C1=CN2C(=CC1=C)c1c3cccc(OCC(COC)OC)c3nn1CC2C(C)(C)C. The molecule has 2 aliphatic rings. The number of rotatable bonds is 7. The summed E-state index contributed by atoms with van der Waals surface area (Å²) in [6.07, 6.45) is 3.81. The summed E-state index contributed by atoms with van der Waals surface area (Å²) < 4.78 is 18.8. The minimum Gasteiger partial charge on any atom is -0.508 e. The Bertz CT molecular complexity index is 1150. The van der Waals surface area contributed by atoms with Crippen LogP contribution in [0, 0.1) is 5.41 Å². The molecule has 176 valence electrons. The van der Waals surface area contributed by atoms with E-state index in [1.165, 1.54) is 0 Å². The molecule has 4 rings (SSSR count). The zero-order valence-electron chi connectivity index (χ0n) is 20.1. The van der Waals surface area contributed by atoms with Crippen molar-refractivity contribution >= 4 is 16.6 Å². The molecule has 1 N–H and O–H groups in total. The van der Waals surface area contributed by atoms with Crippen molar-refractivity contribution in [2.24, 2.45) is 5.41 Å². The first-order valence-electron chi connectivity index (χ1n) is 11.1. The Hall–Kier alpha value is -3.03. The highest BCUT2D eigenvalue weighted by molar-refractivity contribution is 5.95. The van der Waals surface area contributed by atoms with E-state index in [1.807, 2.05) is 24.4 Å². The zero-order valence-corrected chi connectivity index (χ0v) is 20.1. The van der Waals surface area contributed by atoms with Gasteiger partial charge in [-0.15, -0.1) is 0 Å². The van der Waals surface area contributed by atoms with Crippen LogP contribution in [0.3, 0.4) is 0 Å². The molecule has 1 aromatic heterocycles. The molecule has 0 saturated heterocycles. The molecular weight excluding hydrogens is 418 g/mol. The number of benzene rings is 1. The number of methoxy groups -OCH3 is 2. The smallest absolute Gasteiger partial charge is 0.147 e. The van der Waals surface area contributed by atoms with E-state index in [0.29, 0.717) is 31.1 Å². The molecule has 2 aromatic rings. The molecule has 2 aliphatic heterocycles. The zero-order chi connectivity index (χ0) is 23.9. The van der Waals surface area contributed by atoms with Crippen molar-refractivity contribution in [3.63, 3.8) is 0 Å². The summed E-state index contributed by atoms with van der Waals surface area (Å²) in [5.74, 6) is 0.730. The number of aromatic nitrogens is 2. The number of hydrogen-bond donors (Lipinski definition) is 1. The average Bonchev–Trinajstić information content (AvgIpc) is 3.14. The number of fused-ring (bicyclic) bond motifs is 5. The molecule has 3 heterocycles. The van der Waals surface area contributed by atoms with Crippen molar-refractivity contribution in [2.75, 3.05) is 27.4 Å². The van der Waals surface area contributed by atoms with Crippen molar-refractivity contribution in [1.29, 1.82) is 0 Å².